The number of Topliss-reactive ketones (excluding diaryl/α,β-unsaturated/α-hetero) is 1. The van der Waals surface area contributed by atoms with Crippen molar-refractivity contribution in [2.24, 2.45) is 11.8 Å². The lowest BCUT2D eigenvalue weighted by atomic mass is 9.91. The Balaban J connectivity index is 1.78. The Hall–Kier alpha value is -1.11. The van der Waals surface area contributed by atoms with Crippen LogP contribution < -0.4 is 0 Å². The van der Waals surface area contributed by atoms with E-state index in [0.717, 1.165) is 19.3 Å². The number of hydrogen-bond donors (Lipinski definition) is 0. The predicted molar refractivity (Wildman–Crippen MR) is 68.9 cm³/mol. The van der Waals surface area contributed by atoms with Gasteiger partial charge in [-0.3, -0.25) is 4.79 Å². The molecule has 1 aromatic rings. The van der Waals surface area contributed by atoms with Crippen molar-refractivity contribution in [3.05, 3.63) is 35.9 Å². The van der Waals surface area contributed by atoms with Gasteiger partial charge in [0.25, 0.3) is 0 Å². The van der Waals surface area contributed by atoms with Crippen LogP contribution in [0.3, 0.4) is 0 Å². The first-order chi connectivity index (χ1) is 8.34. The highest BCUT2D eigenvalue weighted by Crippen LogP contribution is 2.46. The van der Waals surface area contributed by atoms with E-state index in [1.165, 1.54) is 24.8 Å². The number of ketones is 1. The third-order valence-electron chi connectivity index (χ3n) is 4.63. The SMILES string of the molecule is O=C1CCCC[C@@H]2C[C@H](c3ccccc3)C[C@@H]12. The second-order valence-electron chi connectivity index (χ2n) is 5.66. The van der Waals surface area contributed by atoms with Gasteiger partial charge in [-0.25, -0.2) is 0 Å². The van der Waals surface area contributed by atoms with Gasteiger partial charge >= 0.3 is 0 Å². The molecule has 0 saturated heterocycles. The first-order valence-corrected chi connectivity index (χ1v) is 6.92. The molecule has 0 amide bonds. The van der Waals surface area contributed by atoms with Gasteiger partial charge in [0.2, 0.25) is 0 Å². The van der Waals surface area contributed by atoms with Gasteiger partial charge in [-0.05, 0) is 43.1 Å². The molecule has 2 saturated carbocycles. The van der Waals surface area contributed by atoms with Gasteiger partial charge in [0.1, 0.15) is 5.78 Å². The highest BCUT2D eigenvalue weighted by Gasteiger charge is 2.39. The maximum absolute atomic E-state index is 12.1. The molecule has 0 N–H and O–H groups in total. The van der Waals surface area contributed by atoms with Crippen molar-refractivity contribution in [1.29, 1.82) is 0 Å². The smallest absolute Gasteiger partial charge is 0.136 e. The van der Waals surface area contributed by atoms with Gasteiger partial charge in [0.15, 0.2) is 0 Å². The third kappa shape index (κ3) is 2.15. The first kappa shape index (κ1) is 11.0. The average molecular weight is 228 g/mol. The van der Waals surface area contributed by atoms with E-state index < -0.39 is 0 Å². The fraction of sp³-hybridized carbons (Fsp3) is 0.562. The maximum Gasteiger partial charge on any atom is 0.136 e. The summed E-state index contributed by atoms with van der Waals surface area (Å²) >= 11 is 0. The quantitative estimate of drug-likeness (QED) is 0.711. The molecular weight excluding hydrogens is 208 g/mol. The molecule has 3 atom stereocenters. The summed E-state index contributed by atoms with van der Waals surface area (Å²) < 4.78 is 0. The standard InChI is InChI=1S/C16H20O/c17-16-9-5-4-8-13-10-14(11-15(13)16)12-6-2-1-3-7-12/h1-3,6-7,13-15H,4-5,8-11H2/t13-,14+,15-/m1/s1. The molecule has 90 valence electrons. The zero-order valence-electron chi connectivity index (χ0n) is 10.3. The van der Waals surface area contributed by atoms with Gasteiger partial charge in [-0.1, -0.05) is 36.8 Å². The van der Waals surface area contributed by atoms with Crippen LogP contribution in [0, 0.1) is 11.8 Å². The molecule has 1 heteroatoms. The molecule has 0 bridgehead atoms. The van der Waals surface area contributed by atoms with Crippen molar-refractivity contribution >= 4 is 5.78 Å². The molecule has 2 fully saturated rings. The van der Waals surface area contributed by atoms with Crippen LogP contribution >= 0.6 is 0 Å². The van der Waals surface area contributed by atoms with Gasteiger partial charge < -0.3 is 0 Å². The summed E-state index contributed by atoms with van der Waals surface area (Å²) in [5.74, 6) is 2.23. The summed E-state index contributed by atoms with van der Waals surface area (Å²) in [4.78, 5) is 12.1. The first-order valence-electron chi connectivity index (χ1n) is 6.92. The highest BCUT2D eigenvalue weighted by molar-refractivity contribution is 5.82. The normalized spacial score (nSPS) is 33.2. The summed E-state index contributed by atoms with van der Waals surface area (Å²) in [6.07, 6.45) is 6.84. The van der Waals surface area contributed by atoms with Gasteiger partial charge in [0.05, 0.1) is 0 Å². The molecule has 1 aromatic carbocycles. The molecule has 0 unspecified atom stereocenters. The minimum Gasteiger partial charge on any atom is -0.299 e. The lowest BCUT2D eigenvalue weighted by molar-refractivity contribution is -0.123. The minimum absolute atomic E-state index is 0.378. The molecule has 2 aliphatic carbocycles. The van der Waals surface area contributed by atoms with Crippen LogP contribution in [0.4, 0.5) is 0 Å². The Labute approximate surface area is 103 Å². The number of benzene rings is 1. The summed E-state index contributed by atoms with van der Waals surface area (Å²) in [6, 6.07) is 10.7. The Bertz CT molecular complexity index is 395. The molecule has 0 aromatic heterocycles. The van der Waals surface area contributed by atoms with E-state index in [1.807, 2.05) is 0 Å². The molecule has 0 heterocycles. The van der Waals surface area contributed by atoms with Gasteiger partial charge in [-0.15, -0.1) is 0 Å². The number of hydrogen-bond acceptors (Lipinski definition) is 1. The predicted octanol–water partition coefficient (Wildman–Crippen LogP) is 3.94. The zero-order valence-corrected chi connectivity index (χ0v) is 10.3. The molecular formula is C16H20O. The van der Waals surface area contributed by atoms with E-state index in [2.05, 4.69) is 30.3 Å². The molecule has 0 spiro atoms. The van der Waals surface area contributed by atoms with Crippen molar-refractivity contribution in [3.63, 3.8) is 0 Å². The van der Waals surface area contributed by atoms with Crippen LogP contribution in [-0.4, -0.2) is 5.78 Å². The summed E-state index contributed by atoms with van der Waals surface area (Å²) in [7, 11) is 0. The summed E-state index contributed by atoms with van der Waals surface area (Å²) in [5.41, 5.74) is 1.44. The fourth-order valence-electron chi connectivity index (χ4n) is 3.73. The van der Waals surface area contributed by atoms with Gasteiger partial charge in [0, 0.05) is 12.3 Å². The largest absolute Gasteiger partial charge is 0.299 e. The van der Waals surface area contributed by atoms with E-state index in [0.29, 0.717) is 23.5 Å². The van der Waals surface area contributed by atoms with Crippen LogP contribution in [0.5, 0.6) is 0 Å². The van der Waals surface area contributed by atoms with Crippen molar-refractivity contribution in [3.8, 4) is 0 Å². The van der Waals surface area contributed by atoms with Crippen LogP contribution in [0.25, 0.3) is 0 Å². The van der Waals surface area contributed by atoms with E-state index in [1.54, 1.807) is 0 Å². The van der Waals surface area contributed by atoms with Crippen molar-refractivity contribution < 1.29 is 4.79 Å². The Kier molecular flexibility index (Phi) is 3.00. The van der Waals surface area contributed by atoms with E-state index in [4.69, 9.17) is 0 Å². The highest BCUT2D eigenvalue weighted by atomic mass is 16.1. The Morgan fingerprint density at radius 2 is 1.82 bits per heavy atom. The molecule has 2 aliphatic rings. The second kappa shape index (κ2) is 4.64. The number of fused-ring (bicyclic) bond motifs is 1. The Morgan fingerprint density at radius 3 is 2.65 bits per heavy atom. The van der Waals surface area contributed by atoms with Crippen molar-refractivity contribution in [2.45, 2.75) is 44.4 Å². The molecule has 3 rings (SSSR count). The lowest BCUT2D eigenvalue weighted by Gasteiger charge is -2.13. The number of carbonyl (C=O) groups is 1. The van der Waals surface area contributed by atoms with E-state index in [-0.39, 0.29) is 0 Å². The molecule has 0 radical (unpaired) electrons. The van der Waals surface area contributed by atoms with Crippen LogP contribution in [0.2, 0.25) is 0 Å². The van der Waals surface area contributed by atoms with Crippen molar-refractivity contribution in [1.82, 2.24) is 0 Å². The fourth-order valence-corrected chi connectivity index (χ4v) is 3.73. The molecule has 17 heavy (non-hydrogen) atoms. The van der Waals surface area contributed by atoms with Crippen LogP contribution in [-0.2, 0) is 4.79 Å². The number of rotatable bonds is 1. The third-order valence-corrected chi connectivity index (χ3v) is 4.63. The van der Waals surface area contributed by atoms with E-state index in [9.17, 15) is 4.79 Å². The number of carbonyl (C=O) groups excluding carboxylic acids is 1. The Morgan fingerprint density at radius 1 is 1.00 bits per heavy atom. The van der Waals surface area contributed by atoms with Crippen molar-refractivity contribution in [2.75, 3.05) is 0 Å². The van der Waals surface area contributed by atoms with E-state index >= 15 is 0 Å². The molecule has 0 aliphatic heterocycles. The monoisotopic (exact) mass is 228 g/mol. The van der Waals surface area contributed by atoms with Crippen LogP contribution in [0.1, 0.15) is 50.0 Å². The summed E-state index contributed by atoms with van der Waals surface area (Å²) in [6.45, 7) is 0. The van der Waals surface area contributed by atoms with Gasteiger partial charge in [-0.2, -0.15) is 0 Å². The zero-order chi connectivity index (χ0) is 11.7. The topological polar surface area (TPSA) is 17.1 Å². The second-order valence-corrected chi connectivity index (χ2v) is 5.66. The lowest BCUT2D eigenvalue weighted by Crippen LogP contribution is -2.15. The average Bonchev–Trinajstić information content (AvgIpc) is 2.72. The van der Waals surface area contributed by atoms with Crippen LogP contribution in [0.15, 0.2) is 30.3 Å². The minimum atomic E-state index is 0.378. The molecule has 1 nitrogen and oxygen atoms in total. The summed E-state index contributed by atoms with van der Waals surface area (Å²) in [5, 5.41) is 0. The maximum atomic E-state index is 12.1.